The largest absolute Gasteiger partial charge is 0.493 e. The third-order valence-corrected chi connectivity index (χ3v) is 3.64. The molecule has 4 rings (SSSR count). The van der Waals surface area contributed by atoms with Crippen LogP contribution in [0.3, 0.4) is 0 Å². The van der Waals surface area contributed by atoms with Gasteiger partial charge in [0.25, 0.3) is 0 Å². The van der Waals surface area contributed by atoms with E-state index in [9.17, 15) is 4.39 Å². The van der Waals surface area contributed by atoms with Crippen LogP contribution in [0.1, 0.15) is 30.2 Å². The van der Waals surface area contributed by atoms with Crippen LogP contribution in [0, 0.1) is 11.7 Å². The monoisotopic (exact) mass is 338 g/mol. The second-order valence-electron chi connectivity index (χ2n) is 5.20. The summed E-state index contributed by atoms with van der Waals surface area (Å²) in [6.45, 7) is -8.46. The van der Waals surface area contributed by atoms with Gasteiger partial charge in [0.15, 0.2) is 11.5 Å². The van der Waals surface area contributed by atoms with Crippen LogP contribution in [0.15, 0.2) is 42.5 Å². The Bertz CT molecular complexity index is 1070. The summed E-state index contributed by atoms with van der Waals surface area (Å²) < 4.78 is 103. The number of hydrogen-bond acceptors (Lipinski definition) is 4. The van der Waals surface area contributed by atoms with Crippen LogP contribution in [0.4, 0.5) is 4.39 Å². The molecule has 1 unspecified atom stereocenters. The highest BCUT2D eigenvalue weighted by atomic mass is 19.1. The summed E-state index contributed by atoms with van der Waals surface area (Å²) in [5.74, 6) is -4.46. The predicted octanol–water partition coefficient (Wildman–Crippen LogP) is 3.33. The number of fused-ring (bicyclic) bond motifs is 1. The minimum Gasteiger partial charge on any atom is -0.493 e. The van der Waals surface area contributed by atoms with Crippen LogP contribution >= 0.6 is 0 Å². The minimum absolute atomic E-state index is 0.0459. The first-order valence-corrected chi connectivity index (χ1v) is 7.29. The van der Waals surface area contributed by atoms with Crippen molar-refractivity contribution in [2.45, 2.75) is 12.3 Å². The van der Waals surface area contributed by atoms with Gasteiger partial charge in [0.05, 0.1) is 6.61 Å². The predicted molar refractivity (Wildman–Crippen MR) is 88.2 cm³/mol. The molecule has 126 valence electrons. The van der Waals surface area contributed by atoms with Gasteiger partial charge < -0.3 is 19.5 Å². The lowest BCUT2D eigenvalue weighted by Crippen LogP contribution is -2.38. The SMILES string of the molecule is [2H]C1([2H])Oc2ccc(OCC3C([2H])([2H])NC([2H])([2H])C([2H])([2H])[C@@]3([2H])c3ccc(F)cc3)cc2O1. The van der Waals surface area contributed by atoms with Gasteiger partial charge >= 0.3 is 0 Å². The molecule has 2 aromatic rings. The summed E-state index contributed by atoms with van der Waals surface area (Å²) in [7, 11) is 0. The normalized spacial score (nSPS) is 39.4. The van der Waals surface area contributed by atoms with E-state index in [2.05, 4.69) is 0 Å². The highest BCUT2D eigenvalue weighted by molar-refractivity contribution is 5.46. The minimum atomic E-state index is -2.96. The Labute approximate surface area is 153 Å². The van der Waals surface area contributed by atoms with Crippen LogP contribution in [-0.2, 0) is 0 Å². The maximum atomic E-state index is 13.5. The summed E-state index contributed by atoms with van der Waals surface area (Å²) >= 11 is 0. The molecule has 0 saturated carbocycles. The van der Waals surface area contributed by atoms with Crippen molar-refractivity contribution in [3.63, 3.8) is 0 Å². The van der Waals surface area contributed by atoms with Gasteiger partial charge in [0.1, 0.15) is 14.3 Å². The second kappa shape index (κ2) is 6.69. The van der Waals surface area contributed by atoms with E-state index < -0.39 is 50.3 Å². The first-order chi connectivity index (χ1) is 15.1. The quantitative estimate of drug-likeness (QED) is 0.928. The van der Waals surface area contributed by atoms with Gasteiger partial charge in [-0.15, -0.1) is 0 Å². The fourth-order valence-corrected chi connectivity index (χ4v) is 2.44. The van der Waals surface area contributed by atoms with Crippen LogP contribution in [-0.4, -0.2) is 26.3 Å². The fourth-order valence-electron chi connectivity index (χ4n) is 2.44. The maximum absolute atomic E-state index is 13.5. The van der Waals surface area contributed by atoms with E-state index >= 15 is 0 Å². The lowest BCUT2D eigenvalue weighted by molar-refractivity contribution is 0.173. The summed E-state index contributed by atoms with van der Waals surface area (Å²) in [5.41, 5.74) is -0.115. The van der Waals surface area contributed by atoms with Crippen LogP contribution in [0.25, 0.3) is 0 Å². The van der Waals surface area contributed by atoms with E-state index in [1.807, 2.05) is 5.32 Å². The summed E-state index contributed by atoms with van der Waals surface area (Å²) in [6, 6.07) is 8.36. The first kappa shape index (κ1) is 8.21. The van der Waals surface area contributed by atoms with Crippen molar-refractivity contribution in [2.75, 3.05) is 26.3 Å². The van der Waals surface area contributed by atoms with Crippen molar-refractivity contribution in [3.05, 3.63) is 53.8 Å². The fraction of sp³-hybridized carbons (Fsp3) is 0.368. The smallest absolute Gasteiger partial charge is 0.231 e. The molecule has 1 saturated heterocycles. The van der Waals surface area contributed by atoms with Crippen molar-refractivity contribution < 1.29 is 30.9 Å². The molecule has 5 heteroatoms. The number of hydrogen-bond donors (Lipinski definition) is 1. The zero-order chi connectivity index (χ0) is 24.4. The van der Waals surface area contributed by atoms with Gasteiger partial charge in [-0.25, -0.2) is 4.39 Å². The van der Waals surface area contributed by atoms with Crippen LogP contribution in [0.2, 0.25) is 0 Å². The summed E-state index contributed by atoms with van der Waals surface area (Å²) in [5, 5.41) is 2.02. The van der Waals surface area contributed by atoms with Crippen molar-refractivity contribution in [1.82, 2.24) is 5.32 Å². The van der Waals surface area contributed by atoms with E-state index in [4.69, 9.17) is 26.5 Å². The highest BCUT2D eigenvalue weighted by Gasteiger charge is 2.27. The lowest BCUT2D eigenvalue weighted by Gasteiger charge is -2.32. The summed E-state index contributed by atoms with van der Waals surface area (Å²) in [4.78, 5) is 0. The zero-order valence-electron chi connectivity index (χ0n) is 21.4. The number of rotatable bonds is 4. The molecule has 1 fully saturated rings. The van der Waals surface area contributed by atoms with E-state index in [0.717, 1.165) is 24.3 Å². The Kier molecular flexibility index (Phi) is 2.29. The molecule has 0 radical (unpaired) electrons. The average molecular weight is 338 g/mol. The number of nitrogens with one attached hydrogen (secondary N) is 1. The molecule has 24 heavy (non-hydrogen) atoms. The molecule has 0 aromatic heterocycles. The second-order valence-corrected chi connectivity index (χ2v) is 5.20. The Balaban J connectivity index is 1.71. The third-order valence-electron chi connectivity index (χ3n) is 3.64. The Morgan fingerprint density at radius 1 is 1.21 bits per heavy atom. The number of ether oxygens (including phenoxy) is 3. The molecule has 2 aromatic carbocycles. The number of piperidine rings is 1. The molecule has 2 aliphatic heterocycles. The molecule has 0 bridgehead atoms. The van der Waals surface area contributed by atoms with Gasteiger partial charge in [-0.3, -0.25) is 0 Å². The lowest BCUT2D eigenvalue weighted by atomic mass is 9.81. The topological polar surface area (TPSA) is 39.7 Å². The molecular weight excluding hydrogens is 309 g/mol. The summed E-state index contributed by atoms with van der Waals surface area (Å²) in [6.07, 6.45) is -2.96. The maximum Gasteiger partial charge on any atom is 0.231 e. The van der Waals surface area contributed by atoms with Crippen molar-refractivity contribution in [1.29, 1.82) is 0 Å². The van der Waals surface area contributed by atoms with Gasteiger partial charge in [-0.1, -0.05) is 12.1 Å². The molecule has 1 N–H and O–H groups in total. The molecule has 0 spiro atoms. The van der Waals surface area contributed by atoms with Crippen molar-refractivity contribution in [2.24, 2.45) is 5.92 Å². The van der Waals surface area contributed by atoms with Crippen molar-refractivity contribution >= 4 is 0 Å². The average Bonchev–Trinajstić information content (AvgIpc) is 2.99. The van der Waals surface area contributed by atoms with E-state index in [1.165, 1.54) is 18.2 Å². The van der Waals surface area contributed by atoms with Gasteiger partial charge in [0, 0.05) is 28.1 Å². The Morgan fingerprint density at radius 2 is 2.04 bits per heavy atom. The standard InChI is InChI=1S/C19H20FNO3/c20-15-3-1-13(2-4-15)17-7-8-21-10-14(17)11-22-16-5-6-18-19(9-16)24-12-23-18/h1-6,9,14,17,21H,7-8,10-12H2/t14?,17-/m0/s1/i7D2,8D2,10D2,12D2,17D. The van der Waals surface area contributed by atoms with E-state index in [-0.39, 0.29) is 22.8 Å². The Morgan fingerprint density at radius 3 is 2.92 bits per heavy atom. The molecule has 0 aliphatic carbocycles. The van der Waals surface area contributed by atoms with Crippen LogP contribution < -0.4 is 19.5 Å². The molecule has 0 amide bonds. The van der Waals surface area contributed by atoms with Gasteiger partial charge in [0.2, 0.25) is 6.75 Å². The molecule has 2 aliphatic rings. The Hall–Kier alpha value is -2.27. The highest BCUT2D eigenvalue weighted by Crippen LogP contribution is 2.36. The number of halogens is 1. The van der Waals surface area contributed by atoms with Gasteiger partial charge in [-0.2, -0.15) is 0 Å². The molecule has 2 heterocycles. The zero-order valence-corrected chi connectivity index (χ0v) is 12.4. The van der Waals surface area contributed by atoms with Crippen molar-refractivity contribution in [3.8, 4) is 17.2 Å². The van der Waals surface area contributed by atoms with Crippen LogP contribution in [0.5, 0.6) is 17.2 Å². The molecule has 2 atom stereocenters. The first-order valence-electron chi connectivity index (χ1n) is 11.8. The van der Waals surface area contributed by atoms with E-state index in [0.29, 0.717) is 0 Å². The molecule has 4 nitrogen and oxygen atoms in total. The molecular formula is C19H20FNO3. The number of benzene rings is 2. The van der Waals surface area contributed by atoms with E-state index in [1.54, 1.807) is 0 Å². The van der Waals surface area contributed by atoms with Gasteiger partial charge in [-0.05, 0) is 48.6 Å². The third kappa shape index (κ3) is 3.17.